The van der Waals surface area contributed by atoms with Gasteiger partial charge in [0.1, 0.15) is 5.82 Å². The van der Waals surface area contributed by atoms with Crippen LogP contribution in [0, 0.1) is 0 Å². The Morgan fingerprint density at radius 1 is 1.07 bits per heavy atom. The van der Waals surface area contributed by atoms with Crippen LogP contribution in [0.1, 0.15) is 47.5 Å². The van der Waals surface area contributed by atoms with Gasteiger partial charge in [0.15, 0.2) is 0 Å². The number of carbonyl (C=O) groups is 1. The molecular formula is C31H30F3N5O5S. The molecule has 1 fully saturated rings. The van der Waals surface area contributed by atoms with E-state index in [4.69, 9.17) is 19.4 Å². The Morgan fingerprint density at radius 3 is 2.58 bits per heavy atom. The van der Waals surface area contributed by atoms with Gasteiger partial charge in [-0.05, 0) is 56.3 Å². The normalized spacial score (nSPS) is 21.4. The highest BCUT2D eigenvalue weighted by atomic mass is 32.2. The van der Waals surface area contributed by atoms with E-state index in [1.165, 1.54) is 0 Å². The van der Waals surface area contributed by atoms with Gasteiger partial charge < -0.3 is 19.7 Å². The molecule has 45 heavy (non-hydrogen) atoms. The van der Waals surface area contributed by atoms with E-state index in [9.17, 15) is 26.4 Å². The van der Waals surface area contributed by atoms with Crippen molar-refractivity contribution in [3.8, 4) is 11.4 Å². The number of rotatable bonds is 6. The zero-order valence-corrected chi connectivity index (χ0v) is 25.2. The molecular weight excluding hydrogens is 611 g/mol. The van der Waals surface area contributed by atoms with Crippen LogP contribution in [0.3, 0.4) is 0 Å². The molecule has 3 atom stereocenters. The lowest BCUT2D eigenvalue weighted by Crippen LogP contribution is -2.45. The Bertz CT molecular complexity index is 1870. The van der Waals surface area contributed by atoms with Gasteiger partial charge in [0.05, 0.1) is 59.5 Å². The number of aromatic nitrogens is 3. The number of benzene rings is 1. The van der Waals surface area contributed by atoms with E-state index in [-0.39, 0.29) is 29.9 Å². The standard InChI is InChI=1S/C31H30F3N5O5S/c1-17-13-39(14-18(2)44-17)29-5-3-4-24(38-29)25-7-6-19-11-35-21(10-26(19)37-25)12-36-31(40)20-8-22(30(33)34)23-15-43-16-28(32)45(41,42)27(23)9-20/h3-11,17-18,28,30H,12-16H2,1-2H3,(H,36,40)/t17-,18+,28-/m1/s1. The van der Waals surface area contributed by atoms with Crippen LogP contribution in [0.2, 0.25) is 0 Å². The van der Waals surface area contributed by atoms with E-state index in [0.717, 1.165) is 36.4 Å². The Kier molecular flexibility index (Phi) is 8.46. The van der Waals surface area contributed by atoms with Crippen molar-refractivity contribution in [3.63, 3.8) is 0 Å². The average Bonchev–Trinajstić information content (AvgIpc) is 3.13. The van der Waals surface area contributed by atoms with Crippen LogP contribution in [-0.2, 0) is 32.5 Å². The van der Waals surface area contributed by atoms with E-state index >= 15 is 0 Å². The number of alkyl halides is 3. The summed E-state index contributed by atoms with van der Waals surface area (Å²) in [4.78, 5) is 28.5. The summed E-state index contributed by atoms with van der Waals surface area (Å²) in [5.74, 6) is -0.00321. The van der Waals surface area contributed by atoms with Crippen LogP contribution in [0.15, 0.2) is 59.6 Å². The number of amides is 1. The minimum Gasteiger partial charge on any atom is -0.373 e. The van der Waals surface area contributed by atoms with Crippen molar-refractivity contribution in [2.24, 2.45) is 0 Å². The third-order valence-electron chi connectivity index (χ3n) is 7.68. The lowest BCUT2D eigenvalue weighted by Gasteiger charge is -2.36. The van der Waals surface area contributed by atoms with Crippen molar-refractivity contribution in [3.05, 3.63) is 77.1 Å². The number of nitrogens with one attached hydrogen (secondary N) is 1. The van der Waals surface area contributed by atoms with Crippen molar-refractivity contribution in [2.75, 3.05) is 24.6 Å². The molecule has 5 heterocycles. The molecule has 2 aliphatic heterocycles. The average molecular weight is 642 g/mol. The number of morpholine rings is 1. The fourth-order valence-corrected chi connectivity index (χ4v) is 6.92. The summed E-state index contributed by atoms with van der Waals surface area (Å²) in [5.41, 5.74) is -1.50. The van der Waals surface area contributed by atoms with E-state index in [2.05, 4.69) is 15.2 Å². The molecule has 2 aliphatic rings. The van der Waals surface area contributed by atoms with Crippen molar-refractivity contribution in [1.29, 1.82) is 0 Å². The number of carbonyl (C=O) groups excluding carboxylic acids is 1. The van der Waals surface area contributed by atoms with Crippen LogP contribution < -0.4 is 10.2 Å². The Hall–Kier alpha value is -4.14. The Labute approximate surface area is 257 Å². The lowest BCUT2D eigenvalue weighted by atomic mass is 10.0. The molecule has 1 N–H and O–H groups in total. The second-order valence-corrected chi connectivity index (χ2v) is 13.1. The highest BCUT2D eigenvalue weighted by Gasteiger charge is 2.36. The second-order valence-electron chi connectivity index (χ2n) is 11.1. The minimum atomic E-state index is -4.64. The van der Waals surface area contributed by atoms with Gasteiger partial charge in [0, 0.05) is 41.4 Å². The number of halogens is 3. The van der Waals surface area contributed by atoms with Crippen LogP contribution in [0.4, 0.5) is 19.0 Å². The summed E-state index contributed by atoms with van der Waals surface area (Å²) in [6.45, 7) is 4.09. The van der Waals surface area contributed by atoms with E-state index in [1.54, 1.807) is 12.3 Å². The molecule has 1 saturated heterocycles. The molecule has 4 aromatic rings. The lowest BCUT2D eigenvalue weighted by molar-refractivity contribution is -0.00545. The first kappa shape index (κ1) is 30.9. The van der Waals surface area contributed by atoms with Crippen molar-refractivity contribution < 1.29 is 35.9 Å². The molecule has 0 saturated carbocycles. The molecule has 0 unspecified atom stereocenters. The summed E-state index contributed by atoms with van der Waals surface area (Å²) in [5, 5.41) is 3.33. The van der Waals surface area contributed by atoms with Gasteiger partial charge in [-0.15, -0.1) is 0 Å². The van der Waals surface area contributed by atoms with E-state index < -0.39 is 51.3 Å². The molecule has 6 rings (SSSR count). The van der Waals surface area contributed by atoms with Crippen LogP contribution in [-0.4, -0.2) is 66.7 Å². The Balaban J connectivity index is 1.23. The molecule has 14 heteroatoms. The summed E-state index contributed by atoms with van der Waals surface area (Å²) in [6, 6.07) is 13.0. The molecule has 1 amide bonds. The smallest absolute Gasteiger partial charge is 0.264 e. The molecule has 236 valence electrons. The maximum absolute atomic E-state index is 14.3. The van der Waals surface area contributed by atoms with Crippen molar-refractivity contribution >= 4 is 32.5 Å². The number of fused-ring (bicyclic) bond motifs is 2. The quantitative estimate of drug-likeness (QED) is 0.317. The zero-order chi connectivity index (χ0) is 31.9. The number of hydrogen-bond acceptors (Lipinski definition) is 9. The molecule has 0 aliphatic carbocycles. The number of pyridine rings is 3. The fraction of sp³-hybridized carbons (Fsp3) is 0.355. The van der Waals surface area contributed by atoms with Crippen molar-refractivity contribution in [2.45, 2.75) is 56.0 Å². The van der Waals surface area contributed by atoms with Gasteiger partial charge in [-0.25, -0.2) is 31.6 Å². The maximum Gasteiger partial charge on any atom is 0.264 e. The monoisotopic (exact) mass is 641 g/mol. The van der Waals surface area contributed by atoms with Crippen LogP contribution >= 0.6 is 0 Å². The highest BCUT2D eigenvalue weighted by Crippen LogP contribution is 2.34. The minimum absolute atomic E-state index is 0.0812. The number of nitrogens with zero attached hydrogens (tertiary/aromatic N) is 4. The third kappa shape index (κ3) is 6.35. The maximum atomic E-state index is 14.3. The molecule has 1 aromatic carbocycles. The van der Waals surface area contributed by atoms with Gasteiger partial charge in [0.25, 0.3) is 12.3 Å². The third-order valence-corrected chi connectivity index (χ3v) is 9.47. The first-order valence-corrected chi connectivity index (χ1v) is 15.9. The van der Waals surface area contributed by atoms with Crippen molar-refractivity contribution in [1.82, 2.24) is 20.3 Å². The van der Waals surface area contributed by atoms with Crippen LogP contribution in [0.5, 0.6) is 0 Å². The van der Waals surface area contributed by atoms with Gasteiger partial charge in [0.2, 0.25) is 15.3 Å². The van der Waals surface area contributed by atoms with E-state index in [1.807, 2.05) is 44.2 Å². The topological polar surface area (TPSA) is 124 Å². The predicted molar refractivity (Wildman–Crippen MR) is 159 cm³/mol. The predicted octanol–water partition coefficient (Wildman–Crippen LogP) is 4.77. The van der Waals surface area contributed by atoms with Gasteiger partial charge in [-0.1, -0.05) is 6.07 Å². The Morgan fingerprint density at radius 2 is 1.82 bits per heavy atom. The molecule has 3 aromatic heterocycles. The van der Waals surface area contributed by atoms with Gasteiger partial charge in [-0.3, -0.25) is 9.78 Å². The highest BCUT2D eigenvalue weighted by molar-refractivity contribution is 7.92. The first-order chi connectivity index (χ1) is 21.5. The largest absolute Gasteiger partial charge is 0.373 e. The summed E-state index contributed by atoms with van der Waals surface area (Å²) < 4.78 is 78.2. The van der Waals surface area contributed by atoms with Gasteiger partial charge >= 0.3 is 0 Å². The first-order valence-electron chi connectivity index (χ1n) is 14.3. The zero-order valence-electron chi connectivity index (χ0n) is 24.4. The number of anilines is 1. The molecule has 0 radical (unpaired) electrons. The molecule has 0 bridgehead atoms. The summed E-state index contributed by atoms with van der Waals surface area (Å²) in [6.07, 6.45) is -1.35. The van der Waals surface area contributed by atoms with Crippen LogP contribution in [0.25, 0.3) is 22.3 Å². The number of ether oxygens (including phenoxy) is 2. The fourth-order valence-electron chi connectivity index (χ4n) is 5.56. The molecule has 10 nitrogen and oxygen atoms in total. The second kappa shape index (κ2) is 12.3. The number of hydrogen-bond donors (Lipinski definition) is 1. The number of sulfone groups is 1. The summed E-state index contributed by atoms with van der Waals surface area (Å²) >= 11 is 0. The van der Waals surface area contributed by atoms with E-state index in [0.29, 0.717) is 22.6 Å². The molecule has 0 spiro atoms. The van der Waals surface area contributed by atoms with Gasteiger partial charge in [-0.2, -0.15) is 0 Å². The summed E-state index contributed by atoms with van der Waals surface area (Å²) in [7, 11) is -4.64. The SMILES string of the molecule is C[C@@H]1CN(c2cccc(-c3ccc4cnc(CNC(=O)c5cc(C(F)F)c6c(c5)S(=O)(=O)[C@@H](F)COC6)cc4n3)n2)C[C@H](C)O1.